The maximum absolute atomic E-state index is 12.8. The number of alkyl halides is 3. The Labute approximate surface area is 197 Å². The van der Waals surface area contributed by atoms with E-state index < -0.39 is 11.7 Å². The van der Waals surface area contributed by atoms with E-state index in [0.717, 1.165) is 36.4 Å². The van der Waals surface area contributed by atoms with E-state index in [4.69, 9.17) is 9.47 Å². The van der Waals surface area contributed by atoms with Crippen molar-refractivity contribution < 1.29 is 27.4 Å². The first-order valence-corrected chi connectivity index (χ1v) is 11.8. The molecule has 1 aliphatic carbocycles. The standard InChI is InChI=1S/C24H31F3N4O3/c25-24(26,27)17-5-4-8-20(13-17)33-11-9-19-14-21(30-29-19)22-15-31(10-12-34-22)16-23(32)28-18-6-2-1-3-7-18/h4-5,8,13-14,18,22H,1-3,6-7,9-12,15-16H2,(H,28,32)(H,29,30). The van der Waals surface area contributed by atoms with E-state index in [-0.39, 0.29) is 24.4 Å². The zero-order valence-corrected chi connectivity index (χ0v) is 19.1. The van der Waals surface area contributed by atoms with E-state index in [9.17, 15) is 18.0 Å². The SMILES string of the molecule is O=C(CN1CCOC(c2cc(CCOc3cccc(C(F)(F)F)c3)[nH]n2)C1)NC1CCCCC1. The van der Waals surface area contributed by atoms with Crippen LogP contribution in [0.5, 0.6) is 5.75 Å². The summed E-state index contributed by atoms with van der Waals surface area (Å²) in [6.07, 6.45) is 1.54. The fourth-order valence-electron chi connectivity index (χ4n) is 4.46. The smallest absolute Gasteiger partial charge is 0.416 e. The maximum Gasteiger partial charge on any atom is 0.416 e. The van der Waals surface area contributed by atoms with Gasteiger partial charge in [-0.2, -0.15) is 18.3 Å². The summed E-state index contributed by atoms with van der Waals surface area (Å²) in [5, 5.41) is 10.4. The van der Waals surface area contributed by atoms with Crippen molar-refractivity contribution in [3.8, 4) is 5.75 Å². The number of hydrogen-bond donors (Lipinski definition) is 2. The predicted octanol–water partition coefficient (Wildman–Crippen LogP) is 3.87. The van der Waals surface area contributed by atoms with Gasteiger partial charge in [0.2, 0.25) is 5.91 Å². The van der Waals surface area contributed by atoms with Gasteiger partial charge in [-0.25, -0.2) is 0 Å². The summed E-state index contributed by atoms with van der Waals surface area (Å²) in [6, 6.07) is 7.02. The minimum absolute atomic E-state index is 0.0574. The Morgan fingerprint density at radius 3 is 2.85 bits per heavy atom. The molecule has 1 amide bonds. The van der Waals surface area contributed by atoms with E-state index in [1.165, 1.54) is 31.4 Å². The number of amides is 1. The number of rotatable bonds is 8. The molecule has 10 heteroatoms. The third-order valence-corrected chi connectivity index (χ3v) is 6.27. The minimum Gasteiger partial charge on any atom is -0.493 e. The molecule has 1 aliphatic heterocycles. The van der Waals surface area contributed by atoms with Gasteiger partial charge in [0.05, 0.1) is 31.0 Å². The molecule has 1 unspecified atom stereocenters. The Balaban J connectivity index is 1.23. The second kappa shape index (κ2) is 11.2. The van der Waals surface area contributed by atoms with E-state index in [0.29, 0.717) is 38.7 Å². The molecule has 4 rings (SSSR count). The highest BCUT2D eigenvalue weighted by Crippen LogP contribution is 2.31. The molecule has 186 valence electrons. The first-order valence-electron chi connectivity index (χ1n) is 11.8. The number of halogens is 3. The Hall–Kier alpha value is -2.59. The van der Waals surface area contributed by atoms with Crippen molar-refractivity contribution in [2.75, 3.05) is 32.8 Å². The number of morpholine rings is 1. The number of hydrogen-bond acceptors (Lipinski definition) is 5. The van der Waals surface area contributed by atoms with Crippen LogP contribution in [0, 0.1) is 0 Å². The van der Waals surface area contributed by atoms with Gasteiger partial charge in [0.15, 0.2) is 0 Å². The van der Waals surface area contributed by atoms with Gasteiger partial charge in [0.1, 0.15) is 11.9 Å². The summed E-state index contributed by atoms with van der Waals surface area (Å²) in [5.41, 5.74) is 0.810. The summed E-state index contributed by atoms with van der Waals surface area (Å²) in [7, 11) is 0. The quantitative estimate of drug-likeness (QED) is 0.600. The van der Waals surface area contributed by atoms with Gasteiger partial charge >= 0.3 is 6.18 Å². The van der Waals surface area contributed by atoms with Crippen molar-refractivity contribution >= 4 is 5.91 Å². The molecule has 2 aromatic rings. The van der Waals surface area contributed by atoms with Crippen LogP contribution in [0.4, 0.5) is 13.2 Å². The normalized spacial score (nSPS) is 20.3. The summed E-state index contributed by atoms with van der Waals surface area (Å²) in [6.45, 7) is 2.34. The van der Waals surface area contributed by atoms with Crippen LogP contribution in [0.15, 0.2) is 30.3 Å². The first kappa shape index (κ1) is 24.5. The highest BCUT2D eigenvalue weighted by molar-refractivity contribution is 5.78. The number of carbonyl (C=O) groups excluding carboxylic acids is 1. The first-order chi connectivity index (χ1) is 16.4. The fraction of sp³-hybridized carbons (Fsp3) is 0.583. The van der Waals surface area contributed by atoms with Gasteiger partial charge < -0.3 is 14.8 Å². The van der Waals surface area contributed by atoms with E-state index in [2.05, 4.69) is 20.4 Å². The molecule has 2 aliphatic rings. The maximum atomic E-state index is 12.8. The van der Waals surface area contributed by atoms with Crippen LogP contribution in [0.1, 0.15) is 55.2 Å². The van der Waals surface area contributed by atoms with Crippen LogP contribution in [0.3, 0.4) is 0 Å². The van der Waals surface area contributed by atoms with Crippen LogP contribution < -0.4 is 10.1 Å². The number of aromatic amines is 1. The third-order valence-electron chi connectivity index (χ3n) is 6.27. The molecule has 34 heavy (non-hydrogen) atoms. The number of carbonyl (C=O) groups is 1. The second-order valence-corrected chi connectivity index (χ2v) is 8.94. The lowest BCUT2D eigenvalue weighted by Crippen LogP contribution is -2.46. The molecule has 1 atom stereocenters. The molecule has 2 N–H and O–H groups in total. The van der Waals surface area contributed by atoms with Crippen molar-refractivity contribution in [2.24, 2.45) is 0 Å². The Kier molecular flexibility index (Phi) is 8.10. The third kappa shape index (κ3) is 6.96. The Morgan fingerprint density at radius 2 is 2.06 bits per heavy atom. The number of aromatic nitrogens is 2. The van der Waals surface area contributed by atoms with E-state index >= 15 is 0 Å². The summed E-state index contributed by atoms with van der Waals surface area (Å²) >= 11 is 0. The zero-order chi connectivity index (χ0) is 24.0. The molecule has 1 aromatic heterocycles. The summed E-state index contributed by atoms with van der Waals surface area (Å²) in [5.74, 6) is 0.231. The summed E-state index contributed by atoms with van der Waals surface area (Å²) in [4.78, 5) is 14.5. The van der Waals surface area contributed by atoms with Gasteiger partial charge in [-0.15, -0.1) is 0 Å². The largest absolute Gasteiger partial charge is 0.493 e. The van der Waals surface area contributed by atoms with E-state index in [1.807, 2.05) is 6.07 Å². The lowest BCUT2D eigenvalue weighted by atomic mass is 9.95. The van der Waals surface area contributed by atoms with Crippen LogP contribution in [0.25, 0.3) is 0 Å². The number of nitrogens with zero attached hydrogens (tertiary/aromatic N) is 2. The van der Waals surface area contributed by atoms with Crippen molar-refractivity contribution in [2.45, 2.75) is 56.8 Å². The topological polar surface area (TPSA) is 79.5 Å². The highest BCUT2D eigenvalue weighted by Gasteiger charge is 2.30. The molecule has 0 bridgehead atoms. The summed E-state index contributed by atoms with van der Waals surface area (Å²) < 4.78 is 49.8. The molecule has 2 fully saturated rings. The van der Waals surface area contributed by atoms with Crippen LogP contribution in [-0.4, -0.2) is 59.9 Å². The average Bonchev–Trinajstić information content (AvgIpc) is 3.28. The van der Waals surface area contributed by atoms with Crippen molar-refractivity contribution in [3.05, 3.63) is 47.3 Å². The van der Waals surface area contributed by atoms with Crippen molar-refractivity contribution in [1.29, 1.82) is 0 Å². The molecular formula is C24H31F3N4O3. The molecule has 7 nitrogen and oxygen atoms in total. The number of benzene rings is 1. The Bertz CT molecular complexity index is 944. The predicted molar refractivity (Wildman–Crippen MR) is 119 cm³/mol. The Morgan fingerprint density at radius 1 is 1.24 bits per heavy atom. The monoisotopic (exact) mass is 480 g/mol. The average molecular weight is 481 g/mol. The van der Waals surface area contributed by atoms with Crippen LogP contribution in [-0.2, 0) is 22.1 Å². The zero-order valence-electron chi connectivity index (χ0n) is 19.1. The lowest BCUT2D eigenvalue weighted by molar-refractivity contribution is -0.137. The van der Waals surface area contributed by atoms with Gasteiger partial charge in [-0.05, 0) is 37.1 Å². The van der Waals surface area contributed by atoms with Crippen LogP contribution >= 0.6 is 0 Å². The van der Waals surface area contributed by atoms with Gasteiger partial charge in [-0.3, -0.25) is 14.8 Å². The molecule has 1 aromatic carbocycles. The molecule has 2 heterocycles. The number of nitrogens with one attached hydrogen (secondary N) is 2. The lowest BCUT2D eigenvalue weighted by Gasteiger charge is -2.32. The van der Waals surface area contributed by atoms with Crippen molar-refractivity contribution in [3.63, 3.8) is 0 Å². The van der Waals surface area contributed by atoms with Gasteiger partial charge in [-0.1, -0.05) is 25.3 Å². The van der Waals surface area contributed by atoms with Crippen molar-refractivity contribution in [1.82, 2.24) is 20.4 Å². The molecular weight excluding hydrogens is 449 g/mol. The number of H-pyrrole nitrogens is 1. The van der Waals surface area contributed by atoms with Crippen LogP contribution in [0.2, 0.25) is 0 Å². The van der Waals surface area contributed by atoms with Gasteiger partial charge in [0.25, 0.3) is 0 Å². The molecule has 0 spiro atoms. The molecule has 1 saturated heterocycles. The fourth-order valence-corrected chi connectivity index (χ4v) is 4.46. The number of ether oxygens (including phenoxy) is 2. The molecule has 0 radical (unpaired) electrons. The highest BCUT2D eigenvalue weighted by atomic mass is 19.4. The second-order valence-electron chi connectivity index (χ2n) is 8.94. The minimum atomic E-state index is -4.40. The van der Waals surface area contributed by atoms with Gasteiger partial charge in [0, 0.05) is 31.2 Å². The van der Waals surface area contributed by atoms with E-state index in [1.54, 1.807) is 0 Å². The molecule has 1 saturated carbocycles.